The molecule has 0 aromatic carbocycles. The van der Waals surface area contributed by atoms with Gasteiger partial charge in [0, 0.05) is 19.3 Å². The molecule has 0 radical (unpaired) electrons. The van der Waals surface area contributed by atoms with Gasteiger partial charge in [0.2, 0.25) is 0 Å². The third kappa shape index (κ3) is 59.7. The molecule has 6 nitrogen and oxygen atoms in total. The van der Waals surface area contributed by atoms with Gasteiger partial charge in [-0.1, -0.05) is 286 Å². The van der Waals surface area contributed by atoms with Gasteiger partial charge in [-0.05, 0) is 89.9 Å². The first-order valence-corrected chi connectivity index (χ1v) is 31.9. The molecule has 0 bridgehead atoms. The van der Waals surface area contributed by atoms with Crippen LogP contribution in [0.15, 0.2) is 72.9 Å². The Labute approximate surface area is 459 Å². The minimum absolute atomic E-state index is 0.0753. The quantitative estimate of drug-likeness (QED) is 0.0261. The van der Waals surface area contributed by atoms with Crippen molar-refractivity contribution in [3.8, 4) is 0 Å². The monoisotopic (exact) mass is 1030 g/mol. The molecule has 6 heteroatoms. The molecule has 0 saturated carbocycles. The van der Waals surface area contributed by atoms with Crippen molar-refractivity contribution in [2.45, 2.75) is 329 Å². The first kappa shape index (κ1) is 70.8. The van der Waals surface area contributed by atoms with Crippen molar-refractivity contribution in [2.24, 2.45) is 0 Å². The van der Waals surface area contributed by atoms with Gasteiger partial charge in [0.1, 0.15) is 13.2 Å². The highest BCUT2D eigenvalue weighted by Gasteiger charge is 2.19. The lowest BCUT2D eigenvalue weighted by atomic mass is 10.0. The zero-order chi connectivity index (χ0) is 53.6. The molecule has 428 valence electrons. The van der Waals surface area contributed by atoms with Gasteiger partial charge in [-0.15, -0.1) is 0 Å². The van der Waals surface area contributed by atoms with Crippen molar-refractivity contribution >= 4 is 17.9 Å². The summed E-state index contributed by atoms with van der Waals surface area (Å²) in [6.07, 6.45) is 80.4. The fourth-order valence-electron chi connectivity index (χ4n) is 9.17. The van der Waals surface area contributed by atoms with Crippen molar-refractivity contribution in [1.82, 2.24) is 0 Å². The summed E-state index contributed by atoms with van der Waals surface area (Å²) >= 11 is 0. The number of ether oxygens (including phenoxy) is 3. The minimum Gasteiger partial charge on any atom is -0.462 e. The number of carbonyl (C=O) groups excluding carboxylic acids is 3. The average Bonchev–Trinajstić information content (AvgIpc) is 3.40. The second kappa shape index (κ2) is 62.4. The van der Waals surface area contributed by atoms with E-state index in [2.05, 4.69) is 93.7 Å². The normalized spacial score (nSPS) is 12.5. The molecule has 0 aromatic rings. The van der Waals surface area contributed by atoms with E-state index in [1.165, 1.54) is 186 Å². The minimum atomic E-state index is -0.779. The van der Waals surface area contributed by atoms with Gasteiger partial charge in [-0.2, -0.15) is 0 Å². The van der Waals surface area contributed by atoms with Crippen LogP contribution < -0.4 is 0 Å². The summed E-state index contributed by atoms with van der Waals surface area (Å²) in [6.45, 7) is 6.55. The van der Waals surface area contributed by atoms with Crippen LogP contribution >= 0.6 is 0 Å². The Balaban J connectivity index is 4.32. The first-order valence-electron chi connectivity index (χ1n) is 31.9. The Hall–Kier alpha value is -3.15. The Morgan fingerprint density at radius 2 is 0.527 bits per heavy atom. The van der Waals surface area contributed by atoms with Crippen LogP contribution in [0, 0.1) is 0 Å². The van der Waals surface area contributed by atoms with Gasteiger partial charge in [-0.3, -0.25) is 14.4 Å². The van der Waals surface area contributed by atoms with Crippen molar-refractivity contribution < 1.29 is 28.6 Å². The van der Waals surface area contributed by atoms with Crippen LogP contribution in [0.2, 0.25) is 0 Å². The largest absolute Gasteiger partial charge is 0.462 e. The summed E-state index contributed by atoms with van der Waals surface area (Å²) in [6, 6.07) is 0. The van der Waals surface area contributed by atoms with E-state index in [-0.39, 0.29) is 31.1 Å². The Kier molecular flexibility index (Phi) is 59.7. The van der Waals surface area contributed by atoms with Crippen molar-refractivity contribution in [3.63, 3.8) is 0 Å². The number of rotatable bonds is 58. The summed E-state index contributed by atoms with van der Waals surface area (Å²) in [5, 5.41) is 0. The van der Waals surface area contributed by atoms with Crippen molar-refractivity contribution in [1.29, 1.82) is 0 Å². The standard InChI is InChI=1S/C68H120O6/c1-4-7-10-13-16-19-22-25-28-30-31-32-33-34-35-36-37-39-40-43-46-49-52-55-58-61-67(70)73-64-65(63-72-66(69)60-57-54-51-48-45-42-27-24-21-18-15-12-9-6-3)74-68(71)62-59-56-53-50-47-44-41-38-29-26-23-20-17-14-11-8-5-2/h7,10,16,19,25-26,28-29,31-32,34-35,65H,4-6,8-9,11-15,17-18,20-24,27,30,33,36-64H2,1-3H3/b10-7-,19-16-,28-25-,29-26-,32-31-,35-34-. The predicted octanol–water partition coefficient (Wildman–Crippen LogP) is 21.7. The van der Waals surface area contributed by atoms with E-state index in [1.807, 2.05) is 0 Å². The highest BCUT2D eigenvalue weighted by molar-refractivity contribution is 5.71. The van der Waals surface area contributed by atoms with E-state index >= 15 is 0 Å². The van der Waals surface area contributed by atoms with Crippen LogP contribution in [0.5, 0.6) is 0 Å². The van der Waals surface area contributed by atoms with Gasteiger partial charge in [0.25, 0.3) is 0 Å². The van der Waals surface area contributed by atoms with Crippen LogP contribution in [0.1, 0.15) is 323 Å². The fraction of sp³-hybridized carbons (Fsp3) is 0.779. The topological polar surface area (TPSA) is 78.9 Å². The molecule has 0 amide bonds. The van der Waals surface area contributed by atoms with Gasteiger partial charge in [0.15, 0.2) is 6.10 Å². The van der Waals surface area contributed by atoms with Crippen LogP contribution in [-0.2, 0) is 28.6 Å². The second-order valence-corrected chi connectivity index (χ2v) is 21.3. The molecule has 0 N–H and O–H groups in total. The number of allylic oxidation sites excluding steroid dienone is 12. The molecule has 74 heavy (non-hydrogen) atoms. The van der Waals surface area contributed by atoms with E-state index in [1.54, 1.807) is 0 Å². The van der Waals surface area contributed by atoms with Crippen LogP contribution in [0.3, 0.4) is 0 Å². The summed E-state index contributed by atoms with van der Waals surface area (Å²) in [5.41, 5.74) is 0. The lowest BCUT2D eigenvalue weighted by molar-refractivity contribution is -0.167. The third-order valence-corrected chi connectivity index (χ3v) is 13.9. The van der Waals surface area contributed by atoms with Gasteiger partial charge < -0.3 is 14.2 Å². The third-order valence-electron chi connectivity index (χ3n) is 13.9. The Morgan fingerprint density at radius 3 is 0.838 bits per heavy atom. The number of hydrogen-bond donors (Lipinski definition) is 0. The molecular formula is C68H120O6. The first-order chi connectivity index (χ1) is 36.5. The maximum absolute atomic E-state index is 12.9. The number of hydrogen-bond acceptors (Lipinski definition) is 6. The second-order valence-electron chi connectivity index (χ2n) is 21.3. The van der Waals surface area contributed by atoms with Gasteiger partial charge >= 0.3 is 17.9 Å². The van der Waals surface area contributed by atoms with E-state index < -0.39 is 6.10 Å². The zero-order valence-corrected chi connectivity index (χ0v) is 49.1. The molecule has 0 saturated heterocycles. The average molecular weight is 1030 g/mol. The SMILES string of the molecule is CC/C=C\C/C=C\C/C=C\C/C=C\C/C=C\CCCCCCCCCCCC(=O)OCC(COC(=O)CCCCCCCCCCCCCCCC)OC(=O)CCCCCCCCC/C=C\CCCCCCCC. The van der Waals surface area contributed by atoms with E-state index in [0.717, 1.165) is 96.3 Å². The molecule has 0 aliphatic heterocycles. The van der Waals surface area contributed by atoms with E-state index in [4.69, 9.17) is 14.2 Å². The van der Waals surface area contributed by atoms with E-state index in [0.29, 0.717) is 19.3 Å². The smallest absolute Gasteiger partial charge is 0.306 e. The molecule has 0 rings (SSSR count). The predicted molar refractivity (Wildman–Crippen MR) is 321 cm³/mol. The zero-order valence-electron chi connectivity index (χ0n) is 49.1. The number of esters is 3. The molecule has 0 aromatic heterocycles. The van der Waals surface area contributed by atoms with E-state index in [9.17, 15) is 14.4 Å². The molecule has 0 fully saturated rings. The fourth-order valence-corrected chi connectivity index (χ4v) is 9.17. The Bertz CT molecular complexity index is 1370. The molecule has 0 heterocycles. The number of carbonyl (C=O) groups is 3. The summed E-state index contributed by atoms with van der Waals surface area (Å²) in [4.78, 5) is 38.3. The van der Waals surface area contributed by atoms with Crippen molar-refractivity contribution in [3.05, 3.63) is 72.9 Å². The lowest BCUT2D eigenvalue weighted by Crippen LogP contribution is -2.30. The molecule has 1 unspecified atom stereocenters. The molecular weight excluding hydrogens is 913 g/mol. The maximum Gasteiger partial charge on any atom is 0.306 e. The summed E-state index contributed by atoms with van der Waals surface area (Å²) < 4.78 is 16.9. The van der Waals surface area contributed by atoms with Crippen molar-refractivity contribution in [2.75, 3.05) is 13.2 Å². The molecule has 1 atom stereocenters. The lowest BCUT2D eigenvalue weighted by Gasteiger charge is -2.18. The van der Waals surface area contributed by atoms with Gasteiger partial charge in [0.05, 0.1) is 0 Å². The highest BCUT2D eigenvalue weighted by atomic mass is 16.6. The summed E-state index contributed by atoms with van der Waals surface area (Å²) in [7, 11) is 0. The summed E-state index contributed by atoms with van der Waals surface area (Å²) in [5.74, 6) is -0.870. The highest BCUT2D eigenvalue weighted by Crippen LogP contribution is 2.17. The molecule has 0 aliphatic carbocycles. The van der Waals surface area contributed by atoms with Crippen LogP contribution in [0.4, 0.5) is 0 Å². The van der Waals surface area contributed by atoms with Crippen LogP contribution in [0.25, 0.3) is 0 Å². The van der Waals surface area contributed by atoms with Gasteiger partial charge in [-0.25, -0.2) is 0 Å². The molecule has 0 spiro atoms. The maximum atomic E-state index is 12.9. The Morgan fingerprint density at radius 1 is 0.284 bits per heavy atom. The number of unbranched alkanes of at least 4 members (excludes halogenated alkanes) is 35. The molecule has 0 aliphatic rings. The van der Waals surface area contributed by atoms with Crippen LogP contribution in [-0.4, -0.2) is 37.2 Å².